The van der Waals surface area contributed by atoms with Crippen LogP contribution in [0.15, 0.2) is 54.6 Å². The average molecular weight is 800 g/mol. The number of nitrogens with zero attached hydrogens (tertiary/aromatic N) is 3. The maximum absolute atomic E-state index is 12.1. The first-order valence-corrected chi connectivity index (χ1v) is 20.4. The van der Waals surface area contributed by atoms with Gasteiger partial charge in [-0.15, -0.1) is 0 Å². The quantitative estimate of drug-likeness (QED) is 0.107. The van der Waals surface area contributed by atoms with Crippen molar-refractivity contribution in [3.05, 3.63) is 86.9 Å². The van der Waals surface area contributed by atoms with Gasteiger partial charge >= 0.3 is 5.97 Å². The molecule has 0 radical (unpaired) electrons. The Morgan fingerprint density at radius 2 is 1.73 bits per heavy atom. The number of piperidine rings is 1. The number of hydrogen-bond donors (Lipinski definition) is 4. The molecule has 4 heterocycles. The third-order valence-corrected chi connectivity index (χ3v) is 12.9. The second kappa shape index (κ2) is 16.6. The van der Waals surface area contributed by atoms with Crippen LogP contribution in [0.2, 0.25) is 10.0 Å². The van der Waals surface area contributed by atoms with Crippen LogP contribution in [0.25, 0.3) is 22.4 Å². The number of aliphatic carboxylic acids is 1. The molecule has 13 heteroatoms. The maximum Gasteiger partial charge on any atom is 0.308 e. The molecule has 3 fully saturated rings. The molecule has 3 unspecified atom stereocenters. The van der Waals surface area contributed by atoms with Gasteiger partial charge in [0.05, 0.1) is 41.9 Å². The fraction of sp³-hybridized carbons (Fsp3) is 0.442. The number of carboxylic acids is 1. The van der Waals surface area contributed by atoms with Gasteiger partial charge in [0.2, 0.25) is 17.7 Å². The smallest absolute Gasteiger partial charge is 0.308 e. The zero-order valence-corrected chi connectivity index (χ0v) is 33.3. The molecule has 2 saturated heterocycles. The number of pyridine rings is 2. The number of likely N-dealkylation sites (tertiary alicyclic amines) is 1. The highest BCUT2D eigenvalue weighted by atomic mass is 35.5. The van der Waals surface area contributed by atoms with Crippen molar-refractivity contribution in [1.29, 1.82) is 0 Å². The third-order valence-electron chi connectivity index (χ3n) is 12.2. The van der Waals surface area contributed by atoms with E-state index in [-0.39, 0.29) is 29.8 Å². The van der Waals surface area contributed by atoms with Crippen LogP contribution in [-0.4, -0.2) is 71.2 Å². The normalized spacial score (nSPS) is 23.1. The molecule has 8 rings (SSSR count). The molecule has 4 aromatic rings. The molecule has 294 valence electrons. The number of amides is 1. The van der Waals surface area contributed by atoms with E-state index in [0.29, 0.717) is 66.3 Å². The number of carbonyl (C=O) groups excluding carboxylic acids is 1. The molecule has 2 aromatic carbocycles. The van der Waals surface area contributed by atoms with Crippen LogP contribution >= 0.6 is 23.2 Å². The van der Waals surface area contributed by atoms with Gasteiger partial charge in [0.1, 0.15) is 5.82 Å². The number of methoxy groups -OCH3 is 2. The van der Waals surface area contributed by atoms with Crippen LogP contribution in [0.1, 0.15) is 73.2 Å². The van der Waals surface area contributed by atoms with Crippen LogP contribution in [0.3, 0.4) is 0 Å². The molecule has 11 nitrogen and oxygen atoms in total. The van der Waals surface area contributed by atoms with E-state index in [4.69, 9.17) is 42.6 Å². The summed E-state index contributed by atoms with van der Waals surface area (Å²) >= 11 is 14.2. The standard InChI is InChI=1S/C43H48Cl2N6O5/c1-55-41-25(20-46-21-27-13-17-38(52)47-27)12-15-37(49-41)33-11-5-10-32(39(33)45)29-8-4-9-31-30(29)14-16-36(31)48-40-35(44)19-26(42(50-40)56-2)22-51-23-34(43(53)54)24-6-3-7-28(51)18-24/h4-5,8-12,15,19,24,27-28,34,36,46H,3,6-7,13-14,16-18,20-23H2,1-2H3,(H,47,52)(H,48,50)(H,53,54)/t24?,27-,28?,34?,36-/m0/s1. The van der Waals surface area contributed by atoms with Crippen molar-refractivity contribution < 1.29 is 24.2 Å². The van der Waals surface area contributed by atoms with Crippen LogP contribution in [0.5, 0.6) is 11.8 Å². The number of ether oxygens (including phenoxy) is 2. The Hall–Kier alpha value is -4.42. The molecule has 56 heavy (non-hydrogen) atoms. The van der Waals surface area contributed by atoms with E-state index in [2.05, 4.69) is 45.1 Å². The van der Waals surface area contributed by atoms with Gasteiger partial charge < -0.3 is 30.5 Å². The summed E-state index contributed by atoms with van der Waals surface area (Å²) in [7, 11) is 3.23. The summed E-state index contributed by atoms with van der Waals surface area (Å²) in [5.74, 6) is 0.862. The van der Waals surface area contributed by atoms with E-state index in [9.17, 15) is 14.7 Å². The molecule has 4 N–H and O–H groups in total. The van der Waals surface area contributed by atoms with E-state index in [1.165, 1.54) is 11.1 Å². The third kappa shape index (κ3) is 7.79. The first-order chi connectivity index (χ1) is 27.2. The van der Waals surface area contributed by atoms with Gasteiger partial charge in [-0.25, -0.2) is 4.98 Å². The summed E-state index contributed by atoms with van der Waals surface area (Å²) in [5.41, 5.74) is 7.70. The predicted molar refractivity (Wildman–Crippen MR) is 217 cm³/mol. The number of halogens is 2. The van der Waals surface area contributed by atoms with Gasteiger partial charge in [0.15, 0.2) is 0 Å². The second-order valence-corrected chi connectivity index (χ2v) is 16.3. The minimum absolute atomic E-state index is 0.0259. The van der Waals surface area contributed by atoms with Crippen LogP contribution in [-0.2, 0) is 29.1 Å². The maximum atomic E-state index is 12.1. The minimum atomic E-state index is -0.709. The average Bonchev–Trinajstić information content (AvgIpc) is 3.82. The number of benzene rings is 2. The lowest BCUT2D eigenvalue weighted by Gasteiger charge is -2.46. The number of fused-ring (bicyclic) bond motifs is 3. The van der Waals surface area contributed by atoms with Crippen LogP contribution < -0.4 is 25.4 Å². The molecule has 2 aliphatic carbocycles. The molecule has 5 atom stereocenters. The number of aromatic nitrogens is 2. The first-order valence-electron chi connectivity index (χ1n) is 19.6. The lowest BCUT2D eigenvalue weighted by atomic mass is 9.73. The predicted octanol–water partition coefficient (Wildman–Crippen LogP) is 7.68. The highest BCUT2D eigenvalue weighted by Gasteiger charge is 2.41. The van der Waals surface area contributed by atoms with Gasteiger partial charge in [-0.2, -0.15) is 4.98 Å². The highest BCUT2D eigenvalue weighted by molar-refractivity contribution is 6.36. The van der Waals surface area contributed by atoms with Crippen molar-refractivity contribution in [2.75, 3.05) is 32.6 Å². The summed E-state index contributed by atoms with van der Waals surface area (Å²) in [6.07, 6.45) is 7.15. The lowest BCUT2D eigenvalue weighted by Crippen LogP contribution is -2.51. The fourth-order valence-corrected chi connectivity index (χ4v) is 9.90. The monoisotopic (exact) mass is 798 g/mol. The Labute approximate surface area is 337 Å². The van der Waals surface area contributed by atoms with E-state index in [1.54, 1.807) is 14.2 Å². The molecule has 2 bridgehead atoms. The zero-order valence-electron chi connectivity index (χ0n) is 31.7. The molecule has 2 aromatic heterocycles. The van der Waals surface area contributed by atoms with Gasteiger partial charge in [-0.1, -0.05) is 72.1 Å². The summed E-state index contributed by atoms with van der Waals surface area (Å²) < 4.78 is 11.5. The van der Waals surface area contributed by atoms with E-state index >= 15 is 0 Å². The Morgan fingerprint density at radius 3 is 2.52 bits per heavy atom. The second-order valence-electron chi connectivity index (χ2n) is 15.5. The van der Waals surface area contributed by atoms with Crippen LogP contribution in [0, 0.1) is 11.8 Å². The molecular weight excluding hydrogens is 751 g/mol. The largest absolute Gasteiger partial charge is 0.481 e. The van der Waals surface area contributed by atoms with Gasteiger partial charge in [-0.3, -0.25) is 14.5 Å². The van der Waals surface area contributed by atoms with Crippen molar-refractivity contribution in [3.8, 4) is 34.1 Å². The number of carboxylic acid groups (broad SMARTS) is 1. The molecular formula is C43H48Cl2N6O5. The van der Waals surface area contributed by atoms with Crippen LogP contribution in [0.4, 0.5) is 5.82 Å². The molecule has 0 spiro atoms. The van der Waals surface area contributed by atoms with Crippen molar-refractivity contribution in [3.63, 3.8) is 0 Å². The van der Waals surface area contributed by atoms with Gasteiger partial charge in [-0.05, 0) is 73.3 Å². The number of rotatable bonds is 13. The molecule has 2 aliphatic heterocycles. The molecule has 4 aliphatic rings. The first kappa shape index (κ1) is 38.5. The van der Waals surface area contributed by atoms with E-state index in [0.717, 1.165) is 78.5 Å². The summed E-state index contributed by atoms with van der Waals surface area (Å²) in [4.78, 5) is 35.7. The summed E-state index contributed by atoms with van der Waals surface area (Å²) in [6, 6.07) is 18.7. The minimum Gasteiger partial charge on any atom is -0.481 e. The Morgan fingerprint density at radius 1 is 0.946 bits per heavy atom. The van der Waals surface area contributed by atoms with Crippen molar-refractivity contribution in [2.24, 2.45) is 11.8 Å². The Balaban J connectivity index is 0.992. The topological polar surface area (TPSA) is 138 Å². The number of nitrogens with one attached hydrogen (secondary N) is 3. The van der Waals surface area contributed by atoms with Gasteiger partial charge in [0, 0.05) is 66.9 Å². The number of anilines is 1. The Kier molecular flexibility index (Phi) is 11.4. The fourth-order valence-electron chi connectivity index (χ4n) is 9.34. The molecule has 1 amide bonds. The number of carbonyl (C=O) groups is 2. The van der Waals surface area contributed by atoms with Crippen molar-refractivity contribution >= 4 is 40.9 Å². The SMILES string of the molecule is COc1nc(-c2cccc(-c3cccc4c3CC[C@@H]4Nc3nc(OC)c(CN4CC(C(=O)O)C5CCCC4C5)cc3Cl)c2Cl)ccc1CNC[C@@H]1CCC(=O)N1. The van der Waals surface area contributed by atoms with E-state index in [1.807, 2.05) is 30.3 Å². The van der Waals surface area contributed by atoms with Crippen molar-refractivity contribution in [2.45, 2.75) is 82.6 Å². The highest BCUT2D eigenvalue weighted by Crippen LogP contribution is 2.45. The summed E-state index contributed by atoms with van der Waals surface area (Å²) in [6.45, 7) is 2.31. The summed E-state index contributed by atoms with van der Waals surface area (Å²) in [5, 5.41) is 21.1. The lowest BCUT2D eigenvalue weighted by molar-refractivity contribution is -0.148. The van der Waals surface area contributed by atoms with Gasteiger partial charge in [0.25, 0.3) is 0 Å². The Bertz CT molecular complexity index is 2130. The molecule has 1 saturated carbocycles. The zero-order chi connectivity index (χ0) is 38.9. The van der Waals surface area contributed by atoms with E-state index < -0.39 is 5.97 Å². The van der Waals surface area contributed by atoms with Crippen molar-refractivity contribution in [1.82, 2.24) is 25.5 Å². The number of hydrogen-bond acceptors (Lipinski definition) is 9.